The van der Waals surface area contributed by atoms with Crippen LogP contribution in [-0.4, -0.2) is 8.42 Å². The Morgan fingerprint density at radius 2 is 1.38 bits per heavy atom. The van der Waals surface area contributed by atoms with Crippen LogP contribution in [0.25, 0.3) is 0 Å². The van der Waals surface area contributed by atoms with Gasteiger partial charge in [-0.15, -0.1) is 0 Å². The van der Waals surface area contributed by atoms with Crippen LogP contribution in [0.15, 0.2) is 77.7 Å². The maximum Gasteiger partial charge on any atom is 0.261 e. The molecule has 0 unspecified atom stereocenters. The van der Waals surface area contributed by atoms with Crippen molar-refractivity contribution >= 4 is 27.3 Å². The standard InChI is InChI=1S/C19H13ClN2O3S/c20-15-3-7-17(8-4-15)25-18-9-5-16(6-10-18)22-26(23,24)19-11-1-14(13-21)2-12-19/h1-12,22H. The van der Waals surface area contributed by atoms with Crippen molar-refractivity contribution in [2.24, 2.45) is 0 Å². The van der Waals surface area contributed by atoms with Crippen molar-refractivity contribution in [3.63, 3.8) is 0 Å². The molecule has 0 amide bonds. The van der Waals surface area contributed by atoms with Crippen LogP contribution in [0, 0.1) is 11.3 Å². The number of nitrogens with one attached hydrogen (secondary N) is 1. The molecule has 1 N–H and O–H groups in total. The first-order valence-electron chi connectivity index (χ1n) is 7.53. The Kier molecular flexibility index (Phi) is 5.12. The number of nitrogens with zero attached hydrogens (tertiary/aromatic N) is 1. The van der Waals surface area contributed by atoms with Gasteiger partial charge < -0.3 is 4.74 Å². The van der Waals surface area contributed by atoms with Crippen molar-refractivity contribution in [2.75, 3.05) is 4.72 Å². The molecule has 0 aromatic heterocycles. The molecule has 7 heteroatoms. The fourth-order valence-corrected chi connectivity index (χ4v) is 3.34. The molecule has 0 saturated carbocycles. The zero-order valence-corrected chi connectivity index (χ0v) is 15.0. The Hall–Kier alpha value is -3.01. The van der Waals surface area contributed by atoms with E-state index in [1.54, 1.807) is 48.5 Å². The van der Waals surface area contributed by atoms with Crippen molar-refractivity contribution < 1.29 is 13.2 Å². The third-order valence-corrected chi connectivity index (χ3v) is 5.10. The summed E-state index contributed by atoms with van der Waals surface area (Å²) in [6.45, 7) is 0. The normalized spacial score (nSPS) is 10.8. The topological polar surface area (TPSA) is 79.2 Å². The predicted octanol–water partition coefficient (Wildman–Crippen LogP) is 4.80. The highest BCUT2D eigenvalue weighted by molar-refractivity contribution is 7.92. The van der Waals surface area contributed by atoms with Crippen LogP contribution in [0.4, 0.5) is 5.69 Å². The molecular formula is C19H13ClN2O3S. The first kappa shape index (κ1) is 17.8. The molecule has 0 atom stereocenters. The summed E-state index contributed by atoms with van der Waals surface area (Å²) >= 11 is 5.83. The van der Waals surface area contributed by atoms with E-state index in [9.17, 15) is 8.42 Å². The summed E-state index contributed by atoms with van der Waals surface area (Å²) in [6, 6.07) is 21.1. The number of sulfonamides is 1. The maximum absolute atomic E-state index is 12.4. The zero-order valence-electron chi connectivity index (χ0n) is 13.4. The fraction of sp³-hybridized carbons (Fsp3) is 0. The van der Waals surface area contributed by atoms with Crippen molar-refractivity contribution in [1.29, 1.82) is 5.26 Å². The minimum absolute atomic E-state index is 0.0815. The SMILES string of the molecule is N#Cc1ccc(S(=O)(=O)Nc2ccc(Oc3ccc(Cl)cc3)cc2)cc1. The Balaban J connectivity index is 1.71. The predicted molar refractivity (Wildman–Crippen MR) is 99.9 cm³/mol. The van der Waals surface area contributed by atoms with Gasteiger partial charge in [-0.05, 0) is 72.8 Å². The van der Waals surface area contributed by atoms with Gasteiger partial charge in [0.25, 0.3) is 10.0 Å². The quantitative estimate of drug-likeness (QED) is 0.684. The van der Waals surface area contributed by atoms with Crippen LogP contribution in [0.5, 0.6) is 11.5 Å². The average Bonchev–Trinajstić information content (AvgIpc) is 2.65. The monoisotopic (exact) mass is 384 g/mol. The van der Waals surface area contributed by atoms with Gasteiger partial charge in [0, 0.05) is 10.7 Å². The lowest BCUT2D eigenvalue weighted by Gasteiger charge is -2.10. The van der Waals surface area contributed by atoms with E-state index < -0.39 is 10.0 Å². The van der Waals surface area contributed by atoms with Crippen LogP contribution < -0.4 is 9.46 Å². The zero-order chi connectivity index (χ0) is 18.6. The number of nitriles is 1. The van der Waals surface area contributed by atoms with E-state index in [4.69, 9.17) is 21.6 Å². The number of rotatable bonds is 5. The smallest absolute Gasteiger partial charge is 0.261 e. The molecule has 3 aromatic carbocycles. The van der Waals surface area contributed by atoms with Gasteiger partial charge in [-0.2, -0.15) is 5.26 Å². The van der Waals surface area contributed by atoms with E-state index in [1.165, 1.54) is 24.3 Å². The molecule has 0 fully saturated rings. The minimum atomic E-state index is -3.73. The van der Waals surface area contributed by atoms with Gasteiger partial charge in [0.2, 0.25) is 0 Å². The molecule has 0 spiro atoms. The second-order valence-electron chi connectivity index (χ2n) is 5.32. The Labute approximate surface area is 156 Å². The molecule has 0 radical (unpaired) electrons. The first-order valence-corrected chi connectivity index (χ1v) is 9.39. The molecule has 130 valence electrons. The summed E-state index contributed by atoms with van der Waals surface area (Å²) in [7, 11) is -3.73. The summed E-state index contributed by atoms with van der Waals surface area (Å²) in [6.07, 6.45) is 0. The number of ether oxygens (including phenoxy) is 1. The van der Waals surface area contributed by atoms with Crippen LogP contribution in [0.1, 0.15) is 5.56 Å². The summed E-state index contributed by atoms with van der Waals surface area (Å²) < 4.78 is 32.9. The summed E-state index contributed by atoms with van der Waals surface area (Å²) in [5.74, 6) is 1.19. The van der Waals surface area contributed by atoms with Crippen molar-refractivity contribution in [3.05, 3.63) is 83.4 Å². The van der Waals surface area contributed by atoms with E-state index in [-0.39, 0.29) is 4.90 Å². The lowest BCUT2D eigenvalue weighted by molar-refractivity contribution is 0.483. The Morgan fingerprint density at radius 1 is 0.846 bits per heavy atom. The van der Waals surface area contributed by atoms with Crippen LogP contribution >= 0.6 is 11.6 Å². The lowest BCUT2D eigenvalue weighted by Crippen LogP contribution is -2.12. The summed E-state index contributed by atoms with van der Waals surface area (Å²) in [5, 5.41) is 9.39. The number of hydrogen-bond acceptors (Lipinski definition) is 4. The fourth-order valence-electron chi connectivity index (χ4n) is 2.15. The van der Waals surface area contributed by atoms with Gasteiger partial charge in [-0.1, -0.05) is 11.6 Å². The number of halogens is 1. The van der Waals surface area contributed by atoms with Crippen molar-refractivity contribution in [3.8, 4) is 17.6 Å². The lowest BCUT2D eigenvalue weighted by atomic mass is 10.2. The molecule has 3 aromatic rings. The number of hydrogen-bond donors (Lipinski definition) is 1. The number of benzene rings is 3. The second kappa shape index (κ2) is 7.48. The van der Waals surface area contributed by atoms with E-state index >= 15 is 0 Å². The van der Waals surface area contributed by atoms with Gasteiger partial charge in [0.05, 0.1) is 16.5 Å². The molecule has 3 rings (SSSR count). The molecule has 26 heavy (non-hydrogen) atoms. The molecule has 0 heterocycles. The number of anilines is 1. The van der Waals surface area contributed by atoms with Crippen molar-refractivity contribution in [1.82, 2.24) is 0 Å². The average molecular weight is 385 g/mol. The van der Waals surface area contributed by atoms with E-state index in [1.807, 2.05) is 6.07 Å². The Morgan fingerprint density at radius 3 is 1.92 bits per heavy atom. The molecule has 0 aliphatic rings. The summed E-state index contributed by atoms with van der Waals surface area (Å²) in [5.41, 5.74) is 0.797. The Bertz CT molecular complexity index is 1040. The second-order valence-corrected chi connectivity index (χ2v) is 7.44. The van der Waals surface area contributed by atoms with Crippen molar-refractivity contribution in [2.45, 2.75) is 4.90 Å². The third-order valence-electron chi connectivity index (χ3n) is 3.45. The van der Waals surface area contributed by atoms with Gasteiger partial charge in [0.15, 0.2) is 0 Å². The molecule has 5 nitrogen and oxygen atoms in total. The van der Waals surface area contributed by atoms with E-state index in [2.05, 4.69) is 4.72 Å². The minimum Gasteiger partial charge on any atom is -0.457 e. The van der Waals surface area contributed by atoms with Gasteiger partial charge in [-0.25, -0.2) is 8.42 Å². The molecule has 0 aliphatic heterocycles. The van der Waals surface area contributed by atoms with Gasteiger partial charge in [0.1, 0.15) is 11.5 Å². The highest BCUT2D eigenvalue weighted by Gasteiger charge is 2.14. The molecule has 0 aliphatic carbocycles. The molecular weight excluding hydrogens is 372 g/mol. The maximum atomic E-state index is 12.4. The van der Waals surface area contributed by atoms with Crippen LogP contribution in [0.2, 0.25) is 5.02 Å². The molecule has 0 bridgehead atoms. The molecule has 0 saturated heterocycles. The highest BCUT2D eigenvalue weighted by Crippen LogP contribution is 2.25. The van der Waals surface area contributed by atoms with Crippen LogP contribution in [-0.2, 0) is 10.0 Å². The van der Waals surface area contributed by atoms with Gasteiger partial charge >= 0.3 is 0 Å². The van der Waals surface area contributed by atoms with Gasteiger partial charge in [-0.3, -0.25) is 4.72 Å². The highest BCUT2D eigenvalue weighted by atomic mass is 35.5. The summed E-state index contributed by atoms with van der Waals surface area (Å²) in [4.78, 5) is 0.0815. The largest absolute Gasteiger partial charge is 0.457 e. The van der Waals surface area contributed by atoms with E-state index in [0.29, 0.717) is 27.8 Å². The van der Waals surface area contributed by atoms with E-state index in [0.717, 1.165) is 0 Å². The third kappa shape index (κ3) is 4.33. The van der Waals surface area contributed by atoms with Crippen LogP contribution in [0.3, 0.4) is 0 Å². The first-order chi connectivity index (χ1) is 12.5.